The van der Waals surface area contributed by atoms with Crippen LogP contribution in [0.1, 0.15) is 11.3 Å². The van der Waals surface area contributed by atoms with Gasteiger partial charge in [-0.1, -0.05) is 12.0 Å². The number of anilines is 1. The predicted octanol–water partition coefficient (Wildman–Crippen LogP) is 0.705. The number of guanidine groups is 1. The van der Waals surface area contributed by atoms with Gasteiger partial charge in [0.2, 0.25) is 5.91 Å². The quantitative estimate of drug-likeness (QED) is 0.430. The standard InChI is InChI=1S/C17H20N6O/c1-4-13-6-5-7-14(10-13)22-16(24)12-20-17(18-2)19-11-15-8-9-21-23(15)3/h1,5-10H,11-12H2,2-3H3,(H,22,24)(H2,18,19,20). The van der Waals surface area contributed by atoms with E-state index in [1.807, 2.05) is 13.1 Å². The lowest BCUT2D eigenvalue weighted by Crippen LogP contribution is -2.41. The first-order valence-corrected chi connectivity index (χ1v) is 7.40. The molecule has 0 fully saturated rings. The zero-order valence-corrected chi connectivity index (χ0v) is 13.7. The number of carbonyl (C=O) groups excluding carboxylic acids is 1. The van der Waals surface area contributed by atoms with Crippen LogP contribution < -0.4 is 16.0 Å². The largest absolute Gasteiger partial charge is 0.351 e. The molecule has 3 N–H and O–H groups in total. The summed E-state index contributed by atoms with van der Waals surface area (Å²) < 4.78 is 1.77. The molecule has 24 heavy (non-hydrogen) atoms. The molecule has 0 radical (unpaired) electrons. The van der Waals surface area contributed by atoms with E-state index in [2.05, 4.69) is 32.0 Å². The minimum atomic E-state index is -0.187. The number of hydrogen-bond donors (Lipinski definition) is 3. The highest BCUT2D eigenvalue weighted by Crippen LogP contribution is 2.09. The highest BCUT2D eigenvalue weighted by molar-refractivity contribution is 5.95. The number of aromatic nitrogens is 2. The van der Waals surface area contributed by atoms with Gasteiger partial charge in [0.05, 0.1) is 18.8 Å². The minimum Gasteiger partial charge on any atom is -0.351 e. The summed E-state index contributed by atoms with van der Waals surface area (Å²) in [5.41, 5.74) is 2.39. The summed E-state index contributed by atoms with van der Waals surface area (Å²) in [6.07, 6.45) is 7.07. The van der Waals surface area contributed by atoms with Crippen molar-refractivity contribution in [2.75, 3.05) is 18.9 Å². The van der Waals surface area contributed by atoms with Gasteiger partial charge in [-0.2, -0.15) is 5.10 Å². The first kappa shape index (κ1) is 17.1. The van der Waals surface area contributed by atoms with Gasteiger partial charge in [0.15, 0.2) is 5.96 Å². The SMILES string of the molecule is C#Cc1cccc(NC(=O)CNC(=NC)NCc2ccnn2C)c1. The Morgan fingerprint density at radius 1 is 1.38 bits per heavy atom. The number of aryl methyl sites for hydroxylation is 1. The summed E-state index contributed by atoms with van der Waals surface area (Å²) in [5, 5.41) is 13.0. The fourth-order valence-corrected chi connectivity index (χ4v) is 2.03. The highest BCUT2D eigenvalue weighted by atomic mass is 16.1. The number of benzene rings is 1. The Balaban J connectivity index is 1.81. The van der Waals surface area contributed by atoms with Gasteiger partial charge >= 0.3 is 0 Å². The van der Waals surface area contributed by atoms with Crippen LogP contribution in [0.15, 0.2) is 41.5 Å². The van der Waals surface area contributed by atoms with Gasteiger partial charge in [-0.25, -0.2) is 0 Å². The maximum Gasteiger partial charge on any atom is 0.243 e. The van der Waals surface area contributed by atoms with Crippen LogP contribution in [-0.4, -0.2) is 35.2 Å². The molecule has 1 amide bonds. The van der Waals surface area contributed by atoms with E-state index in [-0.39, 0.29) is 12.5 Å². The van der Waals surface area contributed by atoms with Crippen LogP contribution in [-0.2, 0) is 18.4 Å². The molecular formula is C17H20N6O. The maximum absolute atomic E-state index is 12.0. The zero-order valence-electron chi connectivity index (χ0n) is 13.7. The van der Waals surface area contributed by atoms with Gasteiger partial charge < -0.3 is 16.0 Å². The van der Waals surface area contributed by atoms with Crippen molar-refractivity contribution >= 4 is 17.6 Å². The smallest absolute Gasteiger partial charge is 0.243 e. The van der Waals surface area contributed by atoms with Crippen molar-refractivity contribution < 1.29 is 4.79 Å². The van der Waals surface area contributed by atoms with Crippen LogP contribution in [0.3, 0.4) is 0 Å². The first-order valence-electron chi connectivity index (χ1n) is 7.40. The van der Waals surface area contributed by atoms with Crippen molar-refractivity contribution in [3.63, 3.8) is 0 Å². The Hall–Kier alpha value is -3.27. The number of nitrogens with zero attached hydrogens (tertiary/aromatic N) is 3. The Kier molecular flexibility index (Phi) is 5.97. The molecule has 1 heterocycles. The van der Waals surface area contributed by atoms with Crippen molar-refractivity contribution in [2.24, 2.45) is 12.0 Å². The van der Waals surface area contributed by atoms with Crippen molar-refractivity contribution in [3.05, 3.63) is 47.8 Å². The van der Waals surface area contributed by atoms with Gasteiger partial charge in [-0.3, -0.25) is 14.5 Å². The monoisotopic (exact) mass is 324 g/mol. The highest BCUT2D eigenvalue weighted by Gasteiger charge is 2.05. The van der Waals surface area contributed by atoms with Crippen molar-refractivity contribution in [2.45, 2.75) is 6.54 Å². The Labute approximate surface area is 141 Å². The molecule has 0 aliphatic rings. The van der Waals surface area contributed by atoms with Crippen molar-refractivity contribution in [1.29, 1.82) is 0 Å². The van der Waals surface area contributed by atoms with E-state index in [9.17, 15) is 4.79 Å². The van der Waals surface area contributed by atoms with Gasteiger partial charge in [-0.15, -0.1) is 6.42 Å². The number of amides is 1. The van der Waals surface area contributed by atoms with E-state index in [1.54, 1.807) is 42.2 Å². The molecule has 0 saturated heterocycles. The van der Waals surface area contributed by atoms with Crippen LogP contribution in [0, 0.1) is 12.3 Å². The average molecular weight is 324 g/mol. The molecular weight excluding hydrogens is 304 g/mol. The molecule has 2 aromatic rings. The molecule has 0 bridgehead atoms. The second-order valence-corrected chi connectivity index (χ2v) is 5.00. The third-order valence-corrected chi connectivity index (χ3v) is 3.31. The molecule has 0 spiro atoms. The molecule has 7 nitrogen and oxygen atoms in total. The van der Waals surface area contributed by atoms with Crippen LogP contribution in [0.25, 0.3) is 0 Å². The first-order chi connectivity index (χ1) is 11.6. The fraction of sp³-hybridized carbons (Fsp3) is 0.235. The molecule has 1 aromatic carbocycles. The van der Waals surface area contributed by atoms with E-state index in [1.165, 1.54) is 0 Å². The second kappa shape index (κ2) is 8.39. The predicted molar refractivity (Wildman–Crippen MR) is 94.4 cm³/mol. The summed E-state index contributed by atoms with van der Waals surface area (Å²) in [5.74, 6) is 2.88. The summed E-state index contributed by atoms with van der Waals surface area (Å²) >= 11 is 0. The van der Waals surface area contributed by atoms with Crippen molar-refractivity contribution in [3.8, 4) is 12.3 Å². The van der Waals surface area contributed by atoms with E-state index < -0.39 is 0 Å². The lowest BCUT2D eigenvalue weighted by atomic mass is 10.2. The topological polar surface area (TPSA) is 83.3 Å². The minimum absolute atomic E-state index is 0.0886. The van der Waals surface area contributed by atoms with Crippen LogP contribution in [0.4, 0.5) is 5.69 Å². The normalized spacial score (nSPS) is 10.8. The summed E-state index contributed by atoms with van der Waals surface area (Å²) in [6.45, 7) is 0.646. The molecule has 1 aromatic heterocycles. The van der Waals surface area contributed by atoms with Crippen LogP contribution >= 0.6 is 0 Å². The molecule has 7 heteroatoms. The Morgan fingerprint density at radius 2 is 2.21 bits per heavy atom. The van der Waals surface area contributed by atoms with E-state index in [4.69, 9.17) is 6.42 Å². The van der Waals surface area contributed by atoms with E-state index in [0.717, 1.165) is 11.3 Å². The number of terminal acetylenes is 1. The summed E-state index contributed by atoms with van der Waals surface area (Å²) in [7, 11) is 3.51. The van der Waals surface area contributed by atoms with Gasteiger partial charge in [-0.05, 0) is 24.3 Å². The number of carbonyl (C=O) groups is 1. The second-order valence-electron chi connectivity index (χ2n) is 5.00. The maximum atomic E-state index is 12.0. The molecule has 0 atom stereocenters. The van der Waals surface area contributed by atoms with Crippen molar-refractivity contribution in [1.82, 2.24) is 20.4 Å². The fourth-order valence-electron chi connectivity index (χ4n) is 2.03. The molecule has 0 unspecified atom stereocenters. The average Bonchev–Trinajstić information content (AvgIpc) is 3.00. The van der Waals surface area contributed by atoms with E-state index in [0.29, 0.717) is 18.2 Å². The van der Waals surface area contributed by atoms with Gasteiger partial charge in [0, 0.05) is 31.5 Å². The molecule has 0 aliphatic carbocycles. The number of hydrogen-bond acceptors (Lipinski definition) is 3. The number of nitrogens with one attached hydrogen (secondary N) is 3. The van der Waals surface area contributed by atoms with Gasteiger partial charge in [0.25, 0.3) is 0 Å². The third-order valence-electron chi connectivity index (χ3n) is 3.31. The lowest BCUT2D eigenvalue weighted by molar-refractivity contribution is -0.115. The van der Waals surface area contributed by atoms with Gasteiger partial charge in [0.1, 0.15) is 0 Å². The number of rotatable bonds is 5. The third kappa shape index (κ3) is 4.88. The molecule has 0 saturated carbocycles. The summed E-state index contributed by atoms with van der Waals surface area (Å²) in [4.78, 5) is 16.1. The van der Waals surface area contributed by atoms with Crippen LogP contribution in [0.5, 0.6) is 0 Å². The Morgan fingerprint density at radius 3 is 2.88 bits per heavy atom. The molecule has 0 aliphatic heterocycles. The molecule has 2 rings (SSSR count). The number of aliphatic imine (C=N–C) groups is 1. The van der Waals surface area contributed by atoms with E-state index >= 15 is 0 Å². The Bertz CT molecular complexity index is 771. The molecule has 124 valence electrons. The lowest BCUT2D eigenvalue weighted by Gasteiger charge is -2.12. The zero-order chi connectivity index (χ0) is 17.4. The van der Waals surface area contributed by atoms with Crippen LogP contribution in [0.2, 0.25) is 0 Å². The summed E-state index contributed by atoms with van der Waals surface area (Å²) in [6, 6.07) is 9.04.